The molecule has 0 saturated carbocycles. The van der Waals surface area contributed by atoms with Crippen molar-refractivity contribution >= 4 is 23.3 Å². The van der Waals surface area contributed by atoms with Crippen molar-refractivity contribution in [3.8, 4) is 0 Å². The van der Waals surface area contributed by atoms with Gasteiger partial charge in [-0.2, -0.15) is 0 Å². The van der Waals surface area contributed by atoms with Crippen molar-refractivity contribution in [3.63, 3.8) is 0 Å². The molecule has 1 N–H and O–H groups in total. The molecule has 1 aromatic heterocycles. The third kappa shape index (κ3) is 1.35. The Morgan fingerprint density at radius 2 is 2.21 bits per heavy atom. The molecule has 1 amide bonds. The largest absolute Gasteiger partial charge is 0.310 e. The summed E-state index contributed by atoms with van der Waals surface area (Å²) in [6.45, 7) is 3.92. The van der Waals surface area contributed by atoms with E-state index < -0.39 is 0 Å². The summed E-state index contributed by atoms with van der Waals surface area (Å²) < 4.78 is 0. The molecule has 0 bridgehead atoms. The molecule has 0 unspecified atom stereocenters. The lowest BCUT2D eigenvalue weighted by molar-refractivity contribution is -0.117. The summed E-state index contributed by atoms with van der Waals surface area (Å²) in [4.78, 5) is 19.3. The minimum Gasteiger partial charge on any atom is -0.310 e. The first-order valence-corrected chi connectivity index (χ1v) is 4.69. The highest BCUT2D eigenvalue weighted by atomic mass is 35.5. The summed E-state index contributed by atoms with van der Waals surface area (Å²) in [6, 6.07) is 0. The van der Waals surface area contributed by atoms with E-state index in [4.69, 9.17) is 11.6 Å². The van der Waals surface area contributed by atoms with Gasteiger partial charge in [-0.25, -0.2) is 9.97 Å². The first-order valence-electron chi connectivity index (χ1n) is 4.31. The van der Waals surface area contributed by atoms with Crippen molar-refractivity contribution in [3.05, 3.63) is 17.0 Å². The molecule has 14 heavy (non-hydrogen) atoms. The van der Waals surface area contributed by atoms with Crippen molar-refractivity contribution in [1.29, 1.82) is 0 Å². The molecule has 2 heterocycles. The van der Waals surface area contributed by atoms with Crippen molar-refractivity contribution in [1.82, 2.24) is 9.97 Å². The van der Waals surface area contributed by atoms with E-state index >= 15 is 0 Å². The van der Waals surface area contributed by atoms with E-state index in [0.717, 1.165) is 5.56 Å². The molecule has 74 valence electrons. The van der Waals surface area contributed by atoms with Gasteiger partial charge in [0.05, 0.1) is 0 Å². The number of anilines is 1. The Balaban J connectivity index is 2.64. The average molecular weight is 212 g/mol. The molecule has 0 atom stereocenters. The molecule has 0 fully saturated rings. The van der Waals surface area contributed by atoms with Gasteiger partial charge in [0.15, 0.2) is 0 Å². The Labute approximate surface area is 86.7 Å². The standard InChI is InChI=1S/C9H10ClN3O/c1-9(2)3-5(14)13-8-6(9)7(10)11-4-12-8/h4H,3H2,1-2H3,(H,11,12,13,14). The molecule has 0 saturated heterocycles. The van der Waals surface area contributed by atoms with Crippen LogP contribution in [-0.4, -0.2) is 15.9 Å². The van der Waals surface area contributed by atoms with E-state index in [1.807, 2.05) is 13.8 Å². The maximum absolute atomic E-state index is 11.3. The lowest BCUT2D eigenvalue weighted by atomic mass is 9.80. The maximum atomic E-state index is 11.3. The second kappa shape index (κ2) is 2.92. The first kappa shape index (κ1) is 9.40. The van der Waals surface area contributed by atoms with Gasteiger partial charge in [-0.15, -0.1) is 0 Å². The molecule has 0 aliphatic carbocycles. The number of halogens is 1. The Bertz CT molecular complexity index is 403. The zero-order valence-electron chi connectivity index (χ0n) is 7.97. The number of amides is 1. The fourth-order valence-electron chi connectivity index (χ4n) is 1.72. The number of aromatic nitrogens is 2. The van der Waals surface area contributed by atoms with E-state index in [0.29, 0.717) is 17.4 Å². The van der Waals surface area contributed by atoms with E-state index in [2.05, 4.69) is 15.3 Å². The second-order valence-electron chi connectivity index (χ2n) is 4.00. The van der Waals surface area contributed by atoms with Crippen LogP contribution in [0, 0.1) is 0 Å². The van der Waals surface area contributed by atoms with Crippen LogP contribution in [-0.2, 0) is 10.2 Å². The Morgan fingerprint density at radius 1 is 1.50 bits per heavy atom. The highest BCUT2D eigenvalue weighted by Gasteiger charge is 2.35. The second-order valence-corrected chi connectivity index (χ2v) is 4.35. The Morgan fingerprint density at radius 3 is 2.93 bits per heavy atom. The van der Waals surface area contributed by atoms with Crippen LogP contribution in [0.3, 0.4) is 0 Å². The number of hydrogen-bond acceptors (Lipinski definition) is 3. The van der Waals surface area contributed by atoms with Gasteiger partial charge in [-0.3, -0.25) is 4.79 Å². The molecular weight excluding hydrogens is 202 g/mol. The van der Waals surface area contributed by atoms with Crippen LogP contribution in [0.5, 0.6) is 0 Å². The van der Waals surface area contributed by atoms with Crippen LogP contribution in [0.4, 0.5) is 5.82 Å². The smallest absolute Gasteiger partial charge is 0.226 e. The van der Waals surface area contributed by atoms with Gasteiger partial charge in [0.1, 0.15) is 17.3 Å². The molecule has 1 aromatic rings. The summed E-state index contributed by atoms with van der Waals surface area (Å²) in [5.41, 5.74) is 0.525. The van der Waals surface area contributed by atoms with Crippen LogP contribution in [0.15, 0.2) is 6.33 Å². The Kier molecular flexibility index (Phi) is 1.96. The number of nitrogens with zero attached hydrogens (tertiary/aromatic N) is 2. The van der Waals surface area contributed by atoms with Crippen LogP contribution in [0.25, 0.3) is 0 Å². The number of carbonyl (C=O) groups is 1. The van der Waals surface area contributed by atoms with Crippen molar-refractivity contribution in [2.45, 2.75) is 25.7 Å². The van der Waals surface area contributed by atoms with E-state index in [1.54, 1.807) is 0 Å². The number of rotatable bonds is 0. The van der Waals surface area contributed by atoms with Gasteiger partial charge in [-0.1, -0.05) is 25.4 Å². The minimum absolute atomic E-state index is 0.0303. The SMILES string of the molecule is CC1(C)CC(=O)Nc2ncnc(Cl)c21. The number of fused-ring (bicyclic) bond motifs is 1. The molecule has 4 nitrogen and oxygen atoms in total. The Hall–Kier alpha value is -1.16. The van der Waals surface area contributed by atoms with Gasteiger partial charge < -0.3 is 5.32 Å². The first-order chi connectivity index (χ1) is 6.50. The van der Waals surface area contributed by atoms with Gasteiger partial charge in [0.25, 0.3) is 0 Å². The summed E-state index contributed by atoms with van der Waals surface area (Å²) in [7, 11) is 0. The number of nitrogens with one attached hydrogen (secondary N) is 1. The zero-order valence-corrected chi connectivity index (χ0v) is 8.72. The van der Waals surface area contributed by atoms with Crippen molar-refractivity contribution < 1.29 is 4.79 Å². The number of hydrogen-bond donors (Lipinski definition) is 1. The normalized spacial score (nSPS) is 18.6. The predicted molar refractivity (Wildman–Crippen MR) is 53.3 cm³/mol. The molecule has 0 spiro atoms. The summed E-state index contributed by atoms with van der Waals surface area (Å²) in [6.07, 6.45) is 1.76. The highest BCUT2D eigenvalue weighted by Crippen LogP contribution is 2.38. The molecule has 0 aromatic carbocycles. The van der Waals surface area contributed by atoms with Crippen LogP contribution in [0.2, 0.25) is 5.15 Å². The summed E-state index contributed by atoms with van der Waals surface area (Å²) >= 11 is 5.97. The quantitative estimate of drug-likeness (QED) is 0.666. The lowest BCUT2D eigenvalue weighted by Crippen LogP contribution is -2.33. The van der Waals surface area contributed by atoms with Gasteiger partial charge in [0.2, 0.25) is 5.91 Å². The molecule has 5 heteroatoms. The third-order valence-electron chi connectivity index (χ3n) is 2.34. The predicted octanol–water partition coefficient (Wildman–Crippen LogP) is 1.75. The number of carbonyl (C=O) groups excluding carboxylic acids is 1. The molecule has 0 radical (unpaired) electrons. The van der Waals surface area contributed by atoms with E-state index in [1.165, 1.54) is 6.33 Å². The summed E-state index contributed by atoms with van der Waals surface area (Å²) in [5, 5.41) is 3.10. The molecule has 2 rings (SSSR count). The molecular formula is C9H10ClN3O. The van der Waals surface area contributed by atoms with Crippen molar-refractivity contribution in [2.75, 3.05) is 5.32 Å². The van der Waals surface area contributed by atoms with Gasteiger partial charge >= 0.3 is 0 Å². The third-order valence-corrected chi connectivity index (χ3v) is 2.62. The molecule has 1 aliphatic heterocycles. The average Bonchev–Trinajstić information content (AvgIpc) is 2.00. The molecule has 1 aliphatic rings. The zero-order chi connectivity index (χ0) is 10.3. The lowest BCUT2D eigenvalue weighted by Gasteiger charge is -2.31. The topological polar surface area (TPSA) is 54.9 Å². The monoisotopic (exact) mass is 211 g/mol. The fraction of sp³-hybridized carbons (Fsp3) is 0.444. The minimum atomic E-state index is -0.296. The van der Waals surface area contributed by atoms with E-state index in [9.17, 15) is 4.79 Å². The summed E-state index contributed by atoms with van der Waals surface area (Å²) in [5.74, 6) is 0.503. The van der Waals surface area contributed by atoms with Gasteiger partial charge in [0, 0.05) is 17.4 Å². The van der Waals surface area contributed by atoms with Gasteiger partial charge in [-0.05, 0) is 0 Å². The highest BCUT2D eigenvalue weighted by molar-refractivity contribution is 6.30. The van der Waals surface area contributed by atoms with Crippen LogP contribution < -0.4 is 5.32 Å². The van der Waals surface area contributed by atoms with Crippen LogP contribution in [0.1, 0.15) is 25.8 Å². The van der Waals surface area contributed by atoms with Crippen LogP contribution >= 0.6 is 11.6 Å². The van der Waals surface area contributed by atoms with E-state index in [-0.39, 0.29) is 11.3 Å². The van der Waals surface area contributed by atoms with Crippen molar-refractivity contribution in [2.24, 2.45) is 0 Å². The maximum Gasteiger partial charge on any atom is 0.226 e. The fourth-order valence-corrected chi connectivity index (χ4v) is 2.11.